The molecule has 1 N–H and O–H groups in total. The Balaban J connectivity index is 1.45. The minimum Gasteiger partial charge on any atom is -0.326 e. The Bertz CT molecular complexity index is 959. The van der Waals surface area contributed by atoms with E-state index in [4.69, 9.17) is 4.84 Å². The molecule has 0 unspecified atom stereocenters. The number of nitrogens with zero attached hydrogens (tertiary/aromatic N) is 1. The number of anilines is 1. The Hall–Kier alpha value is -3.48. The number of hydrogen-bond donors (Lipinski definition) is 1. The van der Waals surface area contributed by atoms with Crippen LogP contribution < -0.4 is 5.32 Å². The molecule has 0 aromatic heterocycles. The van der Waals surface area contributed by atoms with Crippen molar-refractivity contribution in [2.24, 2.45) is 5.92 Å². The largest absolute Gasteiger partial charge is 0.364 e. The van der Waals surface area contributed by atoms with E-state index in [-0.39, 0.29) is 28.5 Å². The van der Waals surface area contributed by atoms with Crippen molar-refractivity contribution in [3.8, 4) is 0 Å². The molecule has 0 atom stereocenters. The molecule has 1 aliphatic heterocycles. The van der Waals surface area contributed by atoms with E-state index in [9.17, 15) is 19.2 Å². The van der Waals surface area contributed by atoms with Crippen molar-refractivity contribution in [2.45, 2.75) is 32.1 Å². The van der Waals surface area contributed by atoms with Gasteiger partial charge in [-0.05, 0) is 43.2 Å². The van der Waals surface area contributed by atoms with Crippen LogP contribution in [0.15, 0.2) is 48.5 Å². The van der Waals surface area contributed by atoms with Crippen LogP contribution in [0.3, 0.4) is 0 Å². The molecule has 2 aromatic carbocycles. The van der Waals surface area contributed by atoms with Crippen molar-refractivity contribution in [3.63, 3.8) is 0 Å². The van der Waals surface area contributed by atoms with Crippen molar-refractivity contribution >= 4 is 29.4 Å². The average Bonchev–Trinajstić information content (AvgIpc) is 2.99. The topological polar surface area (TPSA) is 92.8 Å². The zero-order chi connectivity index (χ0) is 20.4. The number of amides is 3. The van der Waals surface area contributed by atoms with Crippen molar-refractivity contribution in [1.82, 2.24) is 5.06 Å². The van der Waals surface area contributed by atoms with E-state index >= 15 is 0 Å². The molecule has 1 saturated carbocycles. The minimum absolute atomic E-state index is 0.0160. The van der Waals surface area contributed by atoms with Gasteiger partial charge in [0.15, 0.2) is 0 Å². The summed E-state index contributed by atoms with van der Waals surface area (Å²) in [6.07, 6.45) is 4.99. The number of imide groups is 1. The van der Waals surface area contributed by atoms with E-state index in [1.54, 1.807) is 24.3 Å². The Morgan fingerprint density at radius 2 is 1.55 bits per heavy atom. The maximum atomic E-state index is 12.5. The minimum atomic E-state index is -0.853. The van der Waals surface area contributed by atoms with E-state index in [0.29, 0.717) is 10.8 Å². The van der Waals surface area contributed by atoms with Crippen LogP contribution in [-0.2, 0) is 9.63 Å². The molecule has 3 amide bonds. The summed E-state index contributed by atoms with van der Waals surface area (Å²) in [6, 6.07) is 12.5. The van der Waals surface area contributed by atoms with Crippen LogP contribution in [0.25, 0.3) is 0 Å². The van der Waals surface area contributed by atoms with Crippen molar-refractivity contribution in [2.75, 3.05) is 5.32 Å². The highest BCUT2D eigenvalue weighted by atomic mass is 16.7. The summed E-state index contributed by atoms with van der Waals surface area (Å²) in [7, 11) is 0. The van der Waals surface area contributed by atoms with Crippen LogP contribution >= 0.6 is 0 Å². The Labute approximate surface area is 167 Å². The quantitative estimate of drug-likeness (QED) is 0.803. The molecule has 1 heterocycles. The standard InChI is InChI=1S/C22H20N2O5/c25-19(14-7-2-1-3-8-14)23-16-10-6-9-15(13-16)22(28)29-24-20(26)17-11-4-5-12-18(17)21(24)27/h4-6,9-14H,1-3,7-8H2,(H,23,25). The van der Waals surface area contributed by atoms with Crippen molar-refractivity contribution in [3.05, 3.63) is 65.2 Å². The van der Waals surface area contributed by atoms with E-state index in [0.717, 1.165) is 32.1 Å². The van der Waals surface area contributed by atoms with Gasteiger partial charge >= 0.3 is 5.97 Å². The van der Waals surface area contributed by atoms with Gasteiger partial charge in [0, 0.05) is 11.6 Å². The lowest BCUT2D eigenvalue weighted by Crippen LogP contribution is -2.32. The zero-order valence-electron chi connectivity index (χ0n) is 15.7. The molecule has 2 aromatic rings. The number of nitrogens with one attached hydrogen (secondary N) is 1. The number of hydrogen-bond acceptors (Lipinski definition) is 5. The van der Waals surface area contributed by atoms with E-state index in [2.05, 4.69) is 5.32 Å². The van der Waals surface area contributed by atoms with Gasteiger partial charge in [0.05, 0.1) is 16.7 Å². The lowest BCUT2D eigenvalue weighted by Gasteiger charge is -2.20. The highest BCUT2D eigenvalue weighted by Crippen LogP contribution is 2.26. The van der Waals surface area contributed by atoms with Gasteiger partial charge in [-0.25, -0.2) is 4.79 Å². The van der Waals surface area contributed by atoms with Crippen LogP contribution in [-0.4, -0.2) is 28.8 Å². The highest BCUT2D eigenvalue weighted by Gasteiger charge is 2.38. The lowest BCUT2D eigenvalue weighted by molar-refractivity contribution is -0.120. The van der Waals surface area contributed by atoms with Crippen LogP contribution in [0.2, 0.25) is 0 Å². The highest BCUT2D eigenvalue weighted by molar-refractivity contribution is 6.21. The molecule has 0 bridgehead atoms. The van der Waals surface area contributed by atoms with Gasteiger partial charge in [0.25, 0.3) is 11.8 Å². The molecule has 7 heteroatoms. The lowest BCUT2D eigenvalue weighted by atomic mass is 9.88. The average molecular weight is 392 g/mol. The summed E-state index contributed by atoms with van der Waals surface area (Å²) < 4.78 is 0. The van der Waals surface area contributed by atoms with E-state index in [1.807, 2.05) is 0 Å². The zero-order valence-corrected chi connectivity index (χ0v) is 15.7. The molecule has 4 rings (SSSR count). The van der Waals surface area contributed by atoms with Crippen LogP contribution in [0.4, 0.5) is 5.69 Å². The molecule has 0 saturated heterocycles. The van der Waals surface area contributed by atoms with Gasteiger partial charge in [-0.3, -0.25) is 14.4 Å². The van der Waals surface area contributed by atoms with Crippen LogP contribution in [0, 0.1) is 5.92 Å². The fourth-order valence-electron chi connectivity index (χ4n) is 3.72. The Morgan fingerprint density at radius 1 is 0.897 bits per heavy atom. The second-order valence-corrected chi connectivity index (χ2v) is 7.23. The SMILES string of the molecule is O=C(ON1C(=O)c2ccccc2C1=O)c1cccc(NC(=O)C2CCCCC2)c1. The van der Waals surface area contributed by atoms with Gasteiger partial charge in [0.2, 0.25) is 5.91 Å². The molecule has 148 valence electrons. The number of rotatable bonds is 4. The third-order valence-electron chi connectivity index (χ3n) is 5.27. The predicted octanol–water partition coefficient (Wildman–Crippen LogP) is 3.57. The number of fused-ring (bicyclic) bond motifs is 1. The fraction of sp³-hybridized carbons (Fsp3) is 0.273. The summed E-state index contributed by atoms with van der Waals surface area (Å²) in [5, 5.41) is 3.31. The van der Waals surface area contributed by atoms with Gasteiger partial charge in [-0.2, -0.15) is 0 Å². The van der Waals surface area contributed by atoms with Gasteiger partial charge < -0.3 is 10.2 Å². The third-order valence-corrected chi connectivity index (χ3v) is 5.27. The molecule has 29 heavy (non-hydrogen) atoms. The molecule has 1 aliphatic carbocycles. The van der Waals surface area contributed by atoms with Gasteiger partial charge in [-0.15, -0.1) is 0 Å². The molecule has 1 fully saturated rings. The molecule has 0 radical (unpaired) electrons. The molecular weight excluding hydrogens is 372 g/mol. The number of carbonyl (C=O) groups excluding carboxylic acids is 4. The summed E-state index contributed by atoms with van der Waals surface area (Å²) in [6.45, 7) is 0. The van der Waals surface area contributed by atoms with Crippen molar-refractivity contribution < 1.29 is 24.0 Å². The predicted molar refractivity (Wildman–Crippen MR) is 104 cm³/mol. The maximum absolute atomic E-state index is 12.5. The summed E-state index contributed by atoms with van der Waals surface area (Å²) >= 11 is 0. The van der Waals surface area contributed by atoms with Crippen LogP contribution in [0.1, 0.15) is 63.2 Å². The molecule has 0 spiro atoms. The second-order valence-electron chi connectivity index (χ2n) is 7.23. The van der Waals surface area contributed by atoms with Gasteiger partial charge in [0.1, 0.15) is 0 Å². The smallest absolute Gasteiger partial charge is 0.326 e. The van der Waals surface area contributed by atoms with Crippen molar-refractivity contribution in [1.29, 1.82) is 0 Å². The monoisotopic (exact) mass is 392 g/mol. The second kappa shape index (κ2) is 7.87. The van der Waals surface area contributed by atoms with E-state index < -0.39 is 17.8 Å². The first kappa shape index (κ1) is 18.9. The van der Waals surface area contributed by atoms with Gasteiger partial charge in [-0.1, -0.05) is 42.5 Å². The number of carbonyl (C=O) groups is 4. The van der Waals surface area contributed by atoms with E-state index in [1.165, 1.54) is 24.3 Å². The maximum Gasteiger partial charge on any atom is 0.364 e. The number of benzene rings is 2. The summed E-state index contributed by atoms with van der Waals surface area (Å²) in [4.78, 5) is 54.6. The Morgan fingerprint density at radius 3 is 2.21 bits per heavy atom. The van der Waals surface area contributed by atoms with Crippen LogP contribution in [0.5, 0.6) is 0 Å². The molecule has 2 aliphatic rings. The first-order chi connectivity index (χ1) is 14.0. The first-order valence-corrected chi connectivity index (χ1v) is 9.65. The summed E-state index contributed by atoms with van der Waals surface area (Å²) in [5.41, 5.74) is 0.984. The Kier molecular flexibility index (Phi) is 5.12. The number of hydroxylamine groups is 2. The normalized spacial score (nSPS) is 16.5. The first-order valence-electron chi connectivity index (χ1n) is 9.65. The fourth-order valence-corrected chi connectivity index (χ4v) is 3.72. The third kappa shape index (κ3) is 3.76. The molecule has 7 nitrogen and oxygen atoms in total. The molecular formula is C22H20N2O5. The summed E-state index contributed by atoms with van der Waals surface area (Å²) in [5.74, 6) is -2.29.